The van der Waals surface area contributed by atoms with E-state index in [0.29, 0.717) is 0 Å². The van der Waals surface area contributed by atoms with Gasteiger partial charge in [0.1, 0.15) is 0 Å². The van der Waals surface area contributed by atoms with Crippen LogP contribution in [0.25, 0.3) is 0 Å². The van der Waals surface area contributed by atoms with E-state index in [1.807, 2.05) is 0 Å². The highest BCUT2D eigenvalue weighted by Gasteiger charge is 2.07. The van der Waals surface area contributed by atoms with E-state index in [0.717, 1.165) is 6.07 Å². The molecule has 0 bridgehead atoms. The molecule has 0 aromatic heterocycles. The third-order valence-corrected chi connectivity index (χ3v) is 1.90. The third kappa shape index (κ3) is 1.25. The van der Waals surface area contributed by atoms with Gasteiger partial charge in [-0.1, -0.05) is 11.6 Å². The molecule has 1 aromatic carbocycles. The molecule has 10 heavy (non-hydrogen) atoms. The van der Waals surface area contributed by atoms with Crippen LogP contribution >= 0.6 is 24.2 Å². The van der Waals surface area contributed by atoms with Crippen LogP contribution in [0.15, 0.2) is 17.0 Å². The fourth-order valence-electron chi connectivity index (χ4n) is 0.516. The second-order valence-corrected chi connectivity index (χ2v) is 2.55. The van der Waals surface area contributed by atoms with E-state index < -0.39 is 11.6 Å². The predicted molar refractivity (Wildman–Crippen MR) is 38.6 cm³/mol. The van der Waals surface area contributed by atoms with Crippen LogP contribution in [0.4, 0.5) is 8.78 Å². The highest BCUT2D eigenvalue weighted by molar-refractivity contribution is 7.80. The highest BCUT2D eigenvalue weighted by atomic mass is 35.5. The number of benzene rings is 1. The van der Waals surface area contributed by atoms with Gasteiger partial charge in [0.2, 0.25) is 0 Å². The van der Waals surface area contributed by atoms with Gasteiger partial charge in [-0.25, -0.2) is 8.78 Å². The number of halogens is 3. The first-order chi connectivity index (χ1) is 4.63. The molecule has 0 saturated carbocycles. The fraction of sp³-hybridized carbons (Fsp3) is 0. The molecule has 0 atom stereocenters. The zero-order chi connectivity index (χ0) is 7.72. The second kappa shape index (κ2) is 2.76. The quantitative estimate of drug-likeness (QED) is 0.461. The summed E-state index contributed by atoms with van der Waals surface area (Å²) in [6.07, 6.45) is 0. The normalized spacial score (nSPS) is 10.0. The Bertz CT molecular complexity index is 235. The number of hydrogen-bond donors (Lipinski definition) is 1. The zero-order valence-electron chi connectivity index (χ0n) is 4.74. The first kappa shape index (κ1) is 7.82. The molecule has 0 unspecified atom stereocenters. The lowest BCUT2D eigenvalue weighted by Crippen LogP contribution is -1.85. The molecule has 0 aliphatic carbocycles. The maximum Gasteiger partial charge on any atom is 0.173 e. The van der Waals surface area contributed by atoms with Gasteiger partial charge in [-0.2, -0.15) is 0 Å². The van der Waals surface area contributed by atoms with Gasteiger partial charge in [-0.15, -0.1) is 12.6 Å². The Labute approximate surface area is 67.2 Å². The van der Waals surface area contributed by atoms with Crippen LogP contribution in [0, 0.1) is 11.6 Å². The van der Waals surface area contributed by atoms with Crippen LogP contribution in [-0.2, 0) is 0 Å². The molecule has 0 radical (unpaired) electrons. The minimum Gasteiger partial charge on any atom is -0.204 e. The Balaban J connectivity index is 3.34. The maximum atomic E-state index is 12.5. The molecular formula is C6H3ClF2S. The Morgan fingerprint density at radius 2 is 1.90 bits per heavy atom. The average molecular weight is 181 g/mol. The molecule has 0 aliphatic rings. The van der Waals surface area contributed by atoms with Crippen LogP contribution < -0.4 is 0 Å². The summed E-state index contributed by atoms with van der Waals surface area (Å²) in [5, 5.41) is 0.113. The molecule has 0 amide bonds. The van der Waals surface area contributed by atoms with Crippen molar-refractivity contribution in [3.63, 3.8) is 0 Å². The molecule has 0 nitrogen and oxygen atoms in total. The Hall–Kier alpha value is -0.280. The molecule has 0 heterocycles. The molecule has 0 saturated heterocycles. The molecular weight excluding hydrogens is 178 g/mol. The van der Waals surface area contributed by atoms with Crippen molar-refractivity contribution >= 4 is 24.2 Å². The van der Waals surface area contributed by atoms with Crippen molar-refractivity contribution in [3.8, 4) is 0 Å². The summed E-state index contributed by atoms with van der Waals surface area (Å²) in [6.45, 7) is 0. The van der Waals surface area contributed by atoms with Crippen molar-refractivity contribution in [3.05, 3.63) is 28.8 Å². The van der Waals surface area contributed by atoms with E-state index in [4.69, 9.17) is 11.6 Å². The van der Waals surface area contributed by atoms with E-state index >= 15 is 0 Å². The zero-order valence-corrected chi connectivity index (χ0v) is 6.39. The van der Waals surface area contributed by atoms with E-state index in [9.17, 15) is 8.78 Å². The predicted octanol–water partition coefficient (Wildman–Crippen LogP) is 2.91. The van der Waals surface area contributed by atoms with Gasteiger partial charge in [0.05, 0.1) is 9.92 Å². The SMILES string of the molecule is Fc1ccc(Cl)c(S)c1F. The molecule has 0 aliphatic heterocycles. The van der Waals surface area contributed by atoms with Crippen molar-refractivity contribution < 1.29 is 8.78 Å². The van der Waals surface area contributed by atoms with Crippen LogP contribution in [0.3, 0.4) is 0 Å². The Kier molecular flexibility index (Phi) is 2.16. The van der Waals surface area contributed by atoms with Gasteiger partial charge < -0.3 is 0 Å². The van der Waals surface area contributed by atoms with E-state index in [1.165, 1.54) is 6.07 Å². The van der Waals surface area contributed by atoms with Crippen molar-refractivity contribution in [1.82, 2.24) is 0 Å². The molecule has 0 N–H and O–H groups in total. The maximum absolute atomic E-state index is 12.5. The first-order valence-electron chi connectivity index (χ1n) is 2.45. The number of rotatable bonds is 0. The summed E-state index contributed by atoms with van der Waals surface area (Å²) < 4.78 is 24.7. The lowest BCUT2D eigenvalue weighted by atomic mass is 10.3. The summed E-state index contributed by atoms with van der Waals surface area (Å²) in [7, 11) is 0. The van der Waals surface area contributed by atoms with Crippen LogP contribution in [-0.4, -0.2) is 0 Å². The standard InChI is InChI=1S/C6H3ClF2S/c7-3-1-2-4(8)5(9)6(3)10/h1-2,10H. The average Bonchev–Trinajstić information content (AvgIpc) is 1.93. The summed E-state index contributed by atoms with van der Waals surface area (Å²) in [5.41, 5.74) is 0. The van der Waals surface area contributed by atoms with Crippen LogP contribution in [0.1, 0.15) is 0 Å². The summed E-state index contributed by atoms with van der Waals surface area (Å²) in [5.74, 6) is -1.94. The van der Waals surface area contributed by atoms with E-state index in [1.54, 1.807) is 0 Å². The summed E-state index contributed by atoms with van der Waals surface area (Å²) >= 11 is 9.04. The molecule has 1 rings (SSSR count). The van der Waals surface area contributed by atoms with Gasteiger partial charge in [-0.05, 0) is 12.1 Å². The van der Waals surface area contributed by atoms with Crippen molar-refractivity contribution in [2.24, 2.45) is 0 Å². The van der Waals surface area contributed by atoms with Crippen LogP contribution in [0.2, 0.25) is 5.02 Å². The Morgan fingerprint density at radius 3 is 2.40 bits per heavy atom. The number of hydrogen-bond acceptors (Lipinski definition) is 1. The summed E-state index contributed by atoms with van der Waals surface area (Å²) in [4.78, 5) is -0.151. The second-order valence-electron chi connectivity index (χ2n) is 1.69. The molecule has 4 heteroatoms. The highest BCUT2D eigenvalue weighted by Crippen LogP contribution is 2.24. The van der Waals surface area contributed by atoms with Gasteiger partial charge in [0.15, 0.2) is 11.6 Å². The molecule has 1 aromatic rings. The molecule has 0 fully saturated rings. The fourth-order valence-corrected chi connectivity index (χ4v) is 0.844. The first-order valence-corrected chi connectivity index (χ1v) is 3.28. The minimum absolute atomic E-state index is 0.113. The van der Waals surface area contributed by atoms with Gasteiger partial charge >= 0.3 is 0 Å². The van der Waals surface area contributed by atoms with E-state index in [2.05, 4.69) is 12.6 Å². The van der Waals surface area contributed by atoms with E-state index in [-0.39, 0.29) is 9.92 Å². The largest absolute Gasteiger partial charge is 0.204 e. The molecule has 54 valence electrons. The van der Waals surface area contributed by atoms with Gasteiger partial charge in [0, 0.05) is 0 Å². The monoisotopic (exact) mass is 180 g/mol. The molecule has 0 spiro atoms. The van der Waals surface area contributed by atoms with Crippen molar-refractivity contribution in [2.45, 2.75) is 4.90 Å². The number of thiol groups is 1. The van der Waals surface area contributed by atoms with Crippen molar-refractivity contribution in [2.75, 3.05) is 0 Å². The minimum atomic E-state index is -1.00. The van der Waals surface area contributed by atoms with Gasteiger partial charge in [-0.3, -0.25) is 0 Å². The van der Waals surface area contributed by atoms with Crippen LogP contribution in [0.5, 0.6) is 0 Å². The lowest BCUT2D eigenvalue weighted by Gasteiger charge is -1.97. The summed E-state index contributed by atoms with van der Waals surface area (Å²) in [6, 6.07) is 2.21. The van der Waals surface area contributed by atoms with Gasteiger partial charge in [0.25, 0.3) is 0 Å². The lowest BCUT2D eigenvalue weighted by molar-refractivity contribution is 0.492. The van der Waals surface area contributed by atoms with Crippen molar-refractivity contribution in [1.29, 1.82) is 0 Å². The Morgan fingerprint density at radius 1 is 1.30 bits per heavy atom. The third-order valence-electron chi connectivity index (χ3n) is 1.02. The smallest absolute Gasteiger partial charge is 0.173 e. The topological polar surface area (TPSA) is 0 Å².